The summed E-state index contributed by atoms with van der Waals surface area (Å²) in [6, 6.07) is 3.40. The van der Waals surface area contributed by atoms with Crippen LogP contribution < -0.4 is 11.1 Å². The maximum absolute atomic E-state index is 12.5. The largest absolute Gasteiger partial charge is 0.382 e. The van der Waals surface area contributed by atoms with Crippen LogP contribution in [0.3, 0.4) is 0 Å². The zero-order valence-corrected chi connectivity index (χ0v) is 20.5. The van der Waals surface area contributed by atoms with Crippen molar-refractivity contribution in [3.8, 4) is 0 Å². The lowest BCUT2D eigenvalue weighted by Crippen LogP contribution is -2.52. The summed E-state index contributed by atoms with van der Waals surface area (Å²) in [5.74, 6) is -0.278. The average molecular weight is 545 g/mol. The number of piperazine rings is 1. The fourth-order valence-electron chi connectivity index (χ4n) is 2.80. The second-order valence-corrected chi connectivity index (χ2v) is 11.1. The molecule has 0 aliphatic carbocycles. The molecule has 168 valence electrons. The molecule has 0 aromatic carbocycles. The molecule has 0 unspecified atom stereocenters. The predicted molar refractivity (Wildman–Crippen MR) is 128 cm³/mol. The van der Waals surface area contributed by atoms with E-state index in [0.717, 1.165) is 9.71 Å². The van der Waals surface area contributed by atoms with Crippen molar-refractivity contribution < 1.29 is 13.2 Å². The van der Waals surface area contributed by atoms with Gasteiger partial charge in [-0.1, -0.05) is 46.4 Å². The molecule has 1 fully saturated rings. The van der Waals surface area contributed by atoms with Crippen LogP contribution in [-0.2, 0) is 14.8 Å². The number of hydrogen-bond donors (Lipinski definition) is 2. The molecule has 0 radical (unpaired) electrons. The van der Waals surface area contributed by atoms with Gasteiger partial charge in [0.05, 0.1) is 16.6 Å². The number of sulfonamides is 1. The molecular formula is C17H17Cl4N5O3S2. The third-order valence-electron chi connectivity index (χ3n) is 4.39. The highest BCUT2D eigenvalue weighted by Crippen LogP contribution is 2.37. The lowest BCUT2D eigenvalue weighted by atomic mass is 10.3. The molecule has 2 aromatic heterocycles. The Morgan fingerprint density at radius 3 is 2.58 bits per heavy atom. The van der Waals surface area contributed by atoms with Crippen LogP contribution in [0.5, 0.6) is 0 Å². The van der Waals surface area contributed by atoms with Gasteiger partial charge in [-0.25, -0.2) is 13.4 Å². The number of nitrogen functional groups attached to an aromatic ring is 1. The summed E-state index contributed by atoms with van der Waals surface area (Å²) in [6.07, 6.45) is 1.46. The van der Waals surface area contributed by atoms with E-state index in [2.05, 4.69) is 10.3 Å². The van der Waals surface area contributed by atoms with E-state index in [4.69, 9.17) is 52.1 Å². The monoisotopic (exact) mass is 543 g/mol. The lowest BCUT2D eigenvalue weighted by Gasteiger charge is -2.33. The van der Waals surface area contributed by atoms with E-state index in [1.54, 1.807) is 17.0 Å². The quantitative estimate of drug-likeness (QED) is 0.512. The van der Waals surface area contributed by atoms with E-state index in [1.165, 1.54) is 17.4 Å². The smallest absolute Gasteiger partial charge is 0.238 e. The maximum atomic E-state index is 12.5. The van der Waals surface area contributed by atoms with Crippen molar-refractivity contribution in [1.82, 2.24) is 14.2 Å². The fourth-order valence-corrected chi connectivity index (χ4v) is 5.61. The number of anilines is 2. The minimum atomic E-state index is -3.73. The number of thiophene rings is 1. The third-order valence-corrected chi connectivity index (χ3v) is 8.22. The summed E-state index contributed by atoms with van der Waals surface area (Å²) in [4.78, 5) is 18.5. The standard InChI is InChI=1S/C17H17Cl4N5O3S2/c18-11-2-1-10(30-11)3-8-31(28,29)26-7-6-25(12(27)9-26)5-4-23-15-13(19)16(21)24-17(22)14(15)20/h1-3,8H,4-7,9H2,(H3,22,23,24). The number of halogens is 4. The van der Waals surface area contributed by atoms with E-state index >= 15 is 0 Å². The van der Waals surface area contributed by atoms with Gasteiger partial charge in [0, 0.05) is 36.5 Å². The second kappa shape index (κ2) is 10.1. The highest BCUT2D eigenvalue weighted by molar-refractivity contribution is 7.92. The number of carbonyl (C=O) groups is 1. The van der Waals surface area contributed by atoms with E-state index in [9.17, 15) is 13.2 Å². The van der Waals surface area contributed by atoms with Gasteiger partial charge in [0.2, 0.25) is 15.9 Å². The number of nitrogens with one attached hydrogen (secondary N) is 1. The topological polar surface area (TPSA) is 109 Å². The van der Waals surface area contributed by atoms with Gasteiger partial charge < -0.3 is 16.0 Å². The molecule has 31 heavy (non-hydrogen) atoms. The van der Waals surface area contributed by atoms with Crippen molar-refractivity contribution in [2.24, 2.45) is 0 Å². The molecule has 14 heteroatoms. The molecule has 8 nitrogen and oxygen atoms in total. The number of nitrogens with zero attached hydrogens (tertiary/aromatic N) is 3. The molecule has 1 amide bonds. The molecule has 0 bridgehead atoms. The van der Waals surface area contributed by atoms with Gasteiger partial charge in [0.1, 0.15) is 15.9 Å². The number of aromatic nitrogens is 1. The van der Waals surface area contributed by atoms with Crippen LogP contribution in [0.4, 0.5) is 11.5 Å². The Bertz CT molecular complexity index is 1100. The fraction of sp³-hybridized carbons (Fsp3) is 0.294. The Hall–Kier alpha value is -1.27. The van der Waals surface area contributed by atoms with Crippen molar-refractivity contribution in [3.63, 3.8) is 0 Å². The summed E-state index contributed by atoms with van der Waals surface area (Å²) in [6.45, 7) is 0.797. The Morgan fingerprint density at radius 1 is 1.19 bits per heavy atom. The zero-order valence-electron chi connectivity index (χ0n) is 15.8. The number of carbonyl (C=O) groups excluding carboxylic acids is 1. The van der Waals surface area contributed by atoms with E-state index < -0.39 is 10.0 Å². The molecule has 2 aromatic rings. The van der Waals surface area contributed by atoms with Crippen LogP contribution >= 0.6 is 57.7 Å². The van der Waals surface area contributed by atoms with Gasteiger partial charge in [-0.05, 0) is 18.2 Å². The number of amides is 1. The Kier molecular flexibility index (Phi) is 7.95. The molecule has 0 atom stereocenters. The first-order valence-corrected chi connectivity index (χ1v) is 12.7. The number of nitrogens with two attached hydrogens (primary N) is 1. The number of pyridine rings is 1. The molecule has 3 N–H and O–H groups in total. The normalized spacial score (nSPS) is 15.7. The Balaban J connectivity index is 1.56. The van der Waals surface area contributed by atoms with Gasteiger partial charge in [-0.2, -0.15) is 4.31 Å². The zero-order chi connectivity index (χ0) is 22.8. The molecule has 3 rings (SSSR count). The molecule has 0 saturated carbocycles. The van der Waals surface area contributed by atoms with Crippen molar-refractivity contribution in [2.75, 3.05) is 43.8 Å². The van der Waals surface area contributed by atoms with Gasteiger partial charge in [0.15, 0.2) is 5.15 Å². The second-order valence-electron chi connectivity index (χ2n) is 6.42. The molecule has 3 heterocycles. The molecule has 1 aliphatic heterocycles. The summed E-state index contributed by atoms with van der Waals surface area (Å²) < 4.78 is 26.8. The first-order chi connectivity index (χ1) is 14.6. The van der Waals surface area contributed by atoms with Crippen LogP contribution in [0, 0.1) is 0 Å². The predicted octanol–water partition coefficient (Wildman–Crippen LogP) is 3.90. The highest BCUT2D eigenvalue weighted by Gasteiger charge is 2.30. The molecule has 1 saturated heterocycles. The van der Waals surface area contributed by atoms with Crippen LogP contribution in [0.1, 0.15) is 4.88 Å². The highest BCUT2D eigenvalue weighted by atomic mass is 35.5. The van der Waals surface area contributed by atoms with E-state index in [0.29, 0.717) is 28.0 Å². The first kappa shape index (κ1) is 24.4. The van der Waals surface area contributed by atoms with Crippen LogP contribution in [0.25, 0.3) is 6.08 Å². The first-order valence-electron chi connectivity index (χ1n) is 8.83. The summed E-state index contributed by atoms with van der Waals surface area (Å²) in [5.41, 5.74) is 6.01. The number of rotatable bonds is 7. The summed E-state index contributed by atoms with van der Waals surface area (Å²) in [5, 5.41) is 4.36. The van der Waals surface area contributed by atoms with Crippen molar-refractivity contribution in [2.45, 2.75) is 0 Å². The minimum Gasteiger partial charge on any atom is -0.382 e. The SMILES string of the molecule is Nc1nc(Cl)c(Cl)c(NCCN2CCN(S(=O)(=O)C=Cc3ccc(Cl)s3)CC2=O)c1Cl. The lowest BCUT2D eigenvalue weighted by molar-refractivity contribution is -0.133. The Morgan fingerprint density at radius 2 is 1.94 bits per heavy atom. The summed E-state index contributed by atoms with van der Waals surface area (Å²) in [7, 11) is -3.73. The van der Waals surface area contributed by atoms with Crippen molar-refractivity contribution in [3.05, 3.63) is 42.0 Å². The maximum Gasteiger partial charge on any atom is 0.238 e. The molecular weight excluding hydrogens is 528 g/mol. The van der Waals surface area contributed by atoms with E-state index in [1.807, 2.05) is 0 Å². The van der Waals surface area contributed by atoms with Crippen molar-refractivity contribution in [1.29, 1.82) is 0 Å². The van der Waals surface area contributed by atoms with Crippen molar-refractivity contribution >= 4 is 91.3 Å². The molecule has 1 aliphatic rings. The minimum absolute atomic E-state index is 0.0128. The van der Waals surface area contributed by atoms with E-state index in [-0.39, 0.29) is 46.6 Å². The van der Waals surface area contributed by atoms with Gasteiger partial charge in [-0.3, -0.25) is 4.79 Å². The van der Waals surface area contributed by atoms with Gasteiger partial charge >= 0.3 is 0 Å². The van der Waals surface area contributed by atoms with Gasteiger partial charge in [-0.15, -0.1) is 11.3 Å². The summed E-state index contributed by atoms with van der Waals surface area (Å²) >= 11 is 25.2. The Labute approximate surface area is 203 Å². The van der Waals surface area contributed by atoms with Gasteiger partial charge in [0.25, 0.3) is 0 Å². The third kappa shape index (κ3) is 5.95. The number of hydrogen-bond acceptors (Lipinski definition) is 7. The average Bonchev–Trinajstić information content (AvgIpc) is 3.14. The molecule has 0 spiro atoms. The van der Waals surface area contributed by atoms with Crippen LogP contribution in [0.2, 0.25) is 19.5 Å². The van der Waals surface area contributed by atoms with Crippen LogP contribution in [0.15, 0.2) is 17.5 Å². The van der Waals surface area contributed by atoms with Crippen LogP contribution in [-0.4, -0.2) is 61.2 Å².